The maximum Gasteiger partial charge on any atom is 0.265 e. The lowest BCUT2D eigenvalue weighted by Gasteiger charge is -2.28. The fourth-order valence-electron chi connectivity index (χ4n) is 2.66. The van der Waals surface area contributed by atoms with E-state index in [1.807, 2.05) is 24.4 Å². The molecule has 6 nitrogen and oxygen atoms in total. The van der Waals surface area contributed by atoms with Gasteiger partial charge in [0.15, 0.2) is 5.82 Å². The number of aromatic nitrogens is 2. The molecule has 3 heterocycles. The molecule has 2 aromatic heterocycles. The Hall–Kier alpha value is -1.67. The topological polar surface area (TPSA) is 61.4 Å². The second kappa shape index (κ2) is 7.48. The molecule has 0 bridgehead atoms. The average Bonchev–Trinajstić information content (AvgIpc) is 3.02. The van der Waals surface area contributed by atoms with Crippen LogP contribution in [0.3, 0.4) is 0 Å². The van der Waals surface area contributed by atoms with Crippen molar-refractivity contribution in [2.45, 2.75) is 19.3 Å². The Morgan fingerprint density at radius 3 is 2.71 bits per heavy atom. The number of nitrogens with zero attached hydrogens (tertiary/aromatic N) is 4. The minimum atomic E-state index is -0.150. The SMILES string of the molecule is CN(C)c1nc(N2CCCCC2)ncc1NC(=O)c1cc(Br)cs1. The van der Waals surface area contributed by atoms with Crippen LogP contribution in [0.1, 0.15) is 28.9 Å². The molecule has 0 saturated carbocycles. The minimum Gasteiger partial charge on any atom is -0.361 e. The van der Waals surface area contributed by atoms with Gasteiger partial charge in [0.1, 0.15) is 5.69 Å². The smallest absolute Gasteiger partial charge is 0.265 e. The van der Waals surface area contributed by atoms with Crippen LogP contribution in [-0.4, -0.2) is 43.1 Å². The van der Waals surface area contributed by atoms with Crippen molar-refractivity contribution in [1.82, 2.24) is 9.97 Å². The van der Waals surface area contributed by atoms with Gasteiger partial charge in [-0.05, 0) is 41.3 Å². The van der Waals surface area contributed by atoms with Gasteiger partial charge in [0.25, 0.3) is 5.91 Å². The fourth-order valence-corrected chi connectivity index (χ4v) is 3.98. The quantitative estimate of drug-likeness (QED) is 0.835. The van der Waals surface area contributed by atoms with E-state index in [-0.39, 0.29) is 5.91 Å². The van der Waals surface area contributed by atoms with Gasteiger partial charge in [-0.25, -0.2) is 4.98 Å². The van der Waals surface area contributed by atoms with Gasteiger partial charge in [0, 0.05) is 37.0 Å². The van der Waals surface area contributed by atoms with Crippen molar-refractivity contribution in [2.75, 3.05) is 42.3 Å². The Bertz CT molecular complexity index is 727. The number of halogens is 1. The largest absolute Gasteiger partial charge is 0.361 e. The number of rotatable bonds is 4. The molecule has 0 spiro atoms. The van der Waals surface area contributed by atoms with E-state index in [1.165, 1.54) is 30.6 Å². The van der Waals surface area contributed by atoms with Gasteiger partial charge in [-0.2, -0.15) is 4.98 Å². The summed E-state index contributed by atoms with van der Waals surface area (Å²) in [7, 11) is 3.83. The van der Waals surface area contributed by atoms with Gasteiger partial charge in [0.2, 0.25) is 5.95 Å². The molecule has 1 saturated heterocycles. The third-order valence-electron chi connectivity index (χ3n) is 3.86. The third-order valence-corrected chi connectivity index (χ3v) is 5.55. The molecule has 0 unspecified atom stereocenters. The van der Waals surface area contributed by atoms with Crippen LogP contribution in [0, 0.1) is 0 Å². The number of piperidine rings is 1. The summed E-state index contributed by atoms with van der Waals surface area (Å²) in [6, 6.07) is 1.80. The van der Waals surface area contributed by atoms with Crippen LogP contribution in [0.25, 0.3) is 0 Å². The van der Waals surface area contributed by atoms with E-state index in [9.17, 15) is 4.79 Å². The molecule has 1 amide bonds. The standard InChI is InChI=1S/C16H20BrN5OS/c1-21(2)14-12(19-15(23)13-8-11(17)10-24-13)9-18-16(20-14)22-6-4-3-5-7-22/h8-10H,3-7H2,1-2H3,(H,19,23). The maximum atomic E-state index is 12.4. The minimum absolute atomic E-state index is 0.150. The maximum absolute atomic E-state index is 12.4. The van der Waals surface area contributed by atoms with E-state index in [4.69, 9.17) is 0 Å². The summed E-state index contributed by atoms with van der Waals surface area (Å²) in [6.07, 6.45) is 5.31. The van der Waals surface area contributed by atoms with Crippen LogP contribution < -0.4 is 15.1 Å². The number of hydrogen-bond acceptors (Lipinski definition) is 6. The Labute approximate surface area is 154 Å². The predicted molar refractivity (Wildman–Crippen MR) is 102 cm³/mol. The van der Waals surface area contributed by atoms with E-state index in [2.05, 4.69) is 36.1 Å². The van der Waals surface area contributed by atoms with Gasteiger partial charge in [-0.1, -0.05) is 0 Å². The van der Waals surface area contributed by atoms with Crippen LogP contribution in [0.4, 0.5) is 17.5 Å². The van der Waals surface area contributed by atoms with E-state index >= 15 is 0 Å². The van der Waals surface area contributed by atoms with Crippen LogP contribution in [-0.2, 0) is 0 Å². The average molecular weight is 410 g/mol. The highest BCUT2D eigenvalue weighted by atomic mass is 79.9. The van der Waals surface area contributed by atoms with Crippen molar-refractivity contribution in [1.29, 1.82) is 0 Å². The van der Waals surface area contributed by atoms with E-state index in [0.717, 1.165) is 29.3 Å². The summed E-state index contributed by atoms with van der Waals surface area (Å²) in [4.78, 5) is 26.3. The Balaban J connectivity index is 1.83. The first-order chi connectivity index (χ1) is 11.5. The van der Waals surface area contributed by atoms with Gasteiger partial charge < -0.3 is 15.1 Å². The molecule has 1 N–H and O–H groups in total. The lowest BCUT2D eigenvalue weighted by Crippen LogP contribution is -2.31. The highest BCUT2D eigenvalue weighted by Crippen LogP contribution is 2.27. The molecule has 0 radical (unpaired) electrons. The molecule has 128 valence electrons. The second-order valence-electron chi connectivity index (χ2n) is 5.93. The van der Waals surface area contributed by atoms with Crippen LogP contribution >= 0.6 is 27.3 Å². The molecule has 24 heavy (non-hydrogen) atoms. The summed E-state index contributed by atoms with van der Waals surface area (Å²) in [5.41, 5.74) is 0.621. The normalized spacial score (nSPS) is 14.5. The zero-order valence-electron chi connectivity index (χ0n) is 13.8. The Kier molecular flexibility index (Phi) is 5.35. The van der Waals surface area contributed by atoms with Crippen LogP contribution in [0.5, 0.6) is 0 Å². The molecular weight excluding hydrogens is 390 g/mol. The summed E-state index contributed by atoms with van der Waals surface area (Å²) < 4.78 is 0.905. The number of anilines is 3. The first-order valence-corrected chi connectivity index (χ1v) is 9.56. The van der Waals surface area contributed by atoms with Crippen LogP contribution in [0.15, 0.2) is 22.1 Å². The molecule has 0 atom stereocenters. The number of amides is 1. The number of nitrogens with one attached hydrogen (secondary N) is 1. The summed E-state index contributed by atoms with van der Waals surface area (Å²) in [6.45, 7) is 1.98. The van der Waals surface area contributed by atoms with Crippen molar-refractivity contribution < 1.29 is 4.79 Å². The third kappa shape index (κ3) is 3.87. The van der Waals surface area contributed by atoms with E-state index in [0.29, 0.717) is 10.6 Å². The molecule has 0 aliphatic carbocycles. The molecule has 2 aromatic rings. The number of carbonyl (C=O) groups is 1. The lowest BCUT2D eigenvalue weighted by atomic mass is 10.1. The molecule has 1 aliphatic heterocycles. The zero-order chi connectivity index (χ0) is 17.1. The molecule has 1 fully saturated rings. The Morgan fingerprint density at radius 2 is 2.08 bits per heavy atom. The lowest BCUT2D eigenvalue weighted by molar-refractivity contribution is 0.103. The van der Waals surface area contributed by atoms with Crippen molar-refractivity contribution >= 4 is 50.6 Å². The first-order valence-electron chi connectivity index (χ1n) is 7.89. The number of hydrogen-bond donors (Lipinski definition) is 1. The number of carbonyl (C=O) groups excluding carboxylic acids is 1. The molecule has 3 rings (SSSR count). The summed E-state index contributed by atoms with van der Waals surface area (Å²) in [5, 5.41) is 4.80. The monoisotopic (exact) mass is 409 g/mol. The van der Waals surface area contributed by atoms with Crippen molar-refractivity contribution in [3.63, 3.8) is 0 Å². The second-order valence-corrected chi connectivity index (χ2v) is 7.76. The van der Waals surface area contributed by atoms with Gasteiger partial charge in [-0.3, -0.25) is 4.79 Å². The van der Waals surface area contributed by atoms with Gasteiger partial charge in [0.05, 0.1) is 11.1 Å². The van der Waals surface area contributed by atoms with E-state index < -0.39 is 0 Å². The molecule has 8 heteroatoms. The molecule has 0 aromatic carbocycles. The molecular formula is C16H20BrN5OS. The summed E-state index contributed by atoms with van der Waals surface area (Å²) >= 11 is 4.76. The van der Waals surface area contributed by atoms with Crippen LogP contribution in [0.2, 0.25) is 0 Å². The number of thiophene rings is 1. The highest BCUT2D eigenvalue weighted by molar-refractivity contribution is 9.10. The highest BCUT2D eigenvalue weighted by Gasteiger charge is 2.18. The van der Waals surface area contributed by atoms with Crippen molar-refractivity contribution in [2.24, 2.45) is 0 Å². The van der Waals surface area contributed by atoms with Crippen molar-refractivity contribution in [3.05, 3.63) is 27.0 Å². The van der Waals surface area contributed by atoms with Gasteiger partial charge in [-0.15, -0.1) is 11.3 Å². The molecule has 1 aliphatic rings. The zero-order valence-corrected chi connectivity index (χ0v) is 16.2. The Morgan fingerprint density at radius 1 is 1.33 bits per heavy atom. The fraction of sp³-hybridized carbons (Fsp3) is 0.438. The predicted octanol–water partition coefficient (Wildman–Crippen LogP) is 3.61. The first kappa shape index (κ1) is 17.2. The van der Waals surface area contributed by atoms with Crippen molar-refractivity contribution in [3.8, 4) is 0 Å². The summed E-state index contributed by atoms with van der Waals surface area (Å²) in [5.74, 6) is 1.30. The van der Waals surface area contributed by atoms with E-state index in [1.54, 1.807) is 12.3 Å². The van der Waals surface area contributed by atoms with Gasteiger partial charge >= 0.3 is 0 Å².